The Kier molecular flexibility index (Phi) is 4.01. The summed E-state index contributed by atoms with van der Waals surface area (Å²) in [5.41, 5.74) is -0.888. The molecule has 4 aliphatic rings. The van der Waals surface area contributed by atoms with Crippen molar-refractivity contribution in [2.24, 2.45) is 22.7 Å². The van der Waals surface area contributed by atoms with Crippen LogP contribution >= 0.6 is 0 Å². The van der Waals surface area contributed by atoms with E-state index in [2.05, 4.69) is 20.3 Å². The molecule has 2 N–H and O–H groups in total. The molecule has 1 aromatic rings. The van der Waals surface area contributed by atoms with E-state index >= 15 is 0 Å². The third kappa shape index (κ3) is 2.22. The normalized spacial score (nSPS) is 50.5. The Bertz CT molecular complexity index is 812. The van der Waals surface area contributed by atoms with Gasteiger partial charge >= 0.3 is 5.63 Å². The minimum absolute atomic E-state index is 0.0979. The van der Waals surface area contributed by atoms with Crippen molar-refractivity contribution in [3.05, 3.63) is 40.8 Å². The van der Waals surface area contributed by atoms with Crippen LogP contribution in [0.15, 0.2) is 27.6 Å². The van der Waals surface area contributed by atoms with Crippen molar-refractivity contribution in [1.82, 2.24) is 0 Å². The van der Waals surface area contributed by atoms with Gasteiger partial charge in [0.05, 0.1) is 17.5 Å². The van der Waals surface area contributed by atoms with Gasteiger partial charge in [0.2, 0.25) is 0 Å². The largest absolute Gasteiger partial charge is 0.431 e. The molecule has 7 atom stereocenters. The minimum atomic E-state index is -0.706. The van der Waals surface area contributed by atoms with E-state index in [9.17, 15) is 15.0 Å². The SMILES string of the molecule is C[C@]12CC[CH]C[C@]1(O)CC[C@@H]1[C@@H]2CC[C@]2(C)[C@@H](c3ccc(=O)oc3)CC[C@]12O. The van der Waals surface area contributed by atoms with Gasteiger partial charge in [-0.2, -0.15) is 0 Å². The first-order chi connectivity index (χ1) is 13.2. The molecule has 5 rings (SSSR count). The molecule has 0 amide bonds. The first-order valence-corrected chi connectivity index (χ1v) is 11.1. The Labute approximate surface area is 167 Å². The minimum Gasteiger partial charge on any atom is -0.431 e. The Morgan fingerprint density at radius 3 is 2.50 bits per heavy atom. The van der Waals surface area contributed by atoms with Crippen LogP contribution in [0.4, 0.5) is 0 Å². The average Bonchev–Trinajstić information content (AvgIpc) is 2.94. The molecule has 28 heavy (non-hydrogen) atoms. The van der Waals surface area contributed by atoms with Gasteiger partial charge in [0.15, 0.2) is 0 Å². The lowest BCUT2D eigenvalue weighted by molar-refractivity contribution is -0.240. The van der Waals surface area contributed by atoms with E-state index in [0.717, 1.165) is 63.4 Å². The molecule has 0 unspecified atom stereocenters. The molecule has 4 heteroatoms. The third-order valence-electron chi connectivity index (χ3n) is 9.87. The molecule has 1 heterocycles. The van der Waals surface area contributed by atoms with Gasteiger partial charge in [0.25, 0.3) is 0 Å². The molecule has 0 aliphatic heterocycles. The van der Waals surface area contributed by atoms with Crippen molar-refractivity contribution >= 4 is 0 Å². The highest BCUT2D eigenvalue weighted by molar-refractivity contribution is 5.27. The molecule has 0 spiro atoms. The monoisotopic (exact) mass is 385 g/mol. The summed E-state index contributed by atoms with van der Waals surface area (Å²) in [6, 6.07) is 3.39. The van der Waals surface area contributed by atoms with Crippen molar-refractivity contribution in [3.63, 3.8) is 0 Å². The molecular formula is C24H33O4. The highest BCUT2D eigenvalue weighted by Gasteiger charge is 2.69. The van der Waals surface area contributed by atoms with E-state index in [4.69, 9.17) is 4.42 Å². The zero-order chi connectivity index (χ0) is 19.8. The molecule has 4 nitrogen and oxygen atoms in total. The highest BCUT2D eigenvalue weighted by Crippen LogP contribution is 2.71. The van der Waals surface area contributed by atoms with E-state index < -0.39 is 11.2 Å². The van der Waals surface area contributed by atoms with Gasteiger partial charge < -0.3 is 14.6 Å². The molecular weight excluding hydrogens is 352 g/mol. The van der Waals surface area contributed by atoms with Gasteiger partial charge in [-0.3, -0.25) is 0 Å². The predicted molar refractivity (Wildman–Crippen MR) is 107 cm³/mol. The lowest BCUT2D eigenvalue weighted by atomic mass is 9.42. The fourth-order valence-corrected chi connectivity index (χ4v) is 8.08. The number of fused-ring (bicyclic) bond motifs is 5. The summed E-state index contributed by atoms with van der Waals surface area (Å²) in [6.45, 7) is 4.55. The van der Waals surface area contributed by atoms with Crippen LogP contribution in [-0.4, -0.2) is 21.4 Å². The topological polar surface area (TPSA) is 70.7 Å². The molecule has 1 radical (unpaired) electrons. The molecule has 4 saturated carbocycles. The van der Waals surface area contributed by atoms with E-state index in [1.807, 2.05) is 6.07 Å². The van der Waals surface area contributed by atoms with Crippen LogP contribution in [0.3, 0.4) is 0 Å². The second kappa shape index (κ2) is 5.95. The Hall–Kier alpha value is -1.13. The first kappa shape index (κ1) is 18.9. The number of hydrogen-bond acceptors (Lipinski definition) is 4. The maximum absolute atomic E-state index is 12.2. The van der Waals surface area contributed by atoms with Gasteiger partial charge in [-0.1, -0.05) is 13.8 Å². The highest BCUT2D eigenvalue weighted by atomic mass is 16.4. The Morgan fingerprint density at radius 2 is 1.75 bits per heavy atom. The van der Waals surface area contributed by atoms with E-state index in [-0.39, 0.29) is 28.3 Å². The predicted octanol–water partition coefficient (Wildman–Crippen LogP) is 4.20. The fourth-order valence-electron chi connectivity index (χ4n) is 8.08. The average molecular weight is 386 g/mol. The van der Waals surface area contributed by atoms with Crippen LogP contribution in [0.1, 0.15) is 83.1 Å². The third-order valence-corrected chi connectivity index (χ3v) is 9.87. The molecule has 0 saturated heterocycles. The lowest BCUT2D eigenvalue weighted by Gasteiger charge is -2.65. The van der Waals surface area contributed by atoms with Gasteiger partial charge in [0, 0.05) is 11.5 Å². The summed E-state index contributed by atoms with van der Waals surface area (Å²) < 4.78 is 5.16. The van der Waals surface area contributed by atoms with Crippen LogP contribution in [-0.2, 0) is 0 Å². The Morgan fingerprint density at radius 1 is 0.964 bits per heavy atom. The second-order valence-corrected chi connectivity index (χ2v) is 10.6. The van der Waals surface area contributed by atoms with E-state index in [1.54, 1.807) is 6.26 Å². The van der Waals surface area contributed by atoms with Crippen molar-refractivity contribution in [1.29, 1.82) is 0 Å². The van der Waals surface area contributed by atoms with E-state index in [1.165, 1.54) is 6.07 Å². The summed E-state index contributed by atoms with van der Waals surface area (Å²) in [4.78, 5) is 11.4. The quantitative estimate of drug-likeness (QED) is 0.760. The molecule has 4 aliphatic carbocycles. The summed E-state index contributed by atoms with van der Waals surface area (Å²) in [6.07, 6.45) is 12.2. The summed E-state index contributed by atoms with van der Waals surface area (Å²) >= 11 is 0. The van der Waals surface area contributed by atoms with Crippen LogP contribution < -0.4 is 5.63 Å². The molecule has 0 bridgehead atoms. The lowest BCUT2D eigenvalue weighted by Crippen LogP contribution is -2.66. The summed E-state index contributed by atoms with van der Waals surface area (Å²) in [7, 11) is 0. The van der Waals surface area contributed by atoms with Crippen molar-refractivity contribution in [3.8, 4) is 0 Å². The second-order valence-electron chi connectivity index (χ2n) is 10.6. The fraction of sp³-hybridized carbons (Fsp3) is 0.750. The maximum Gasteiger partial charge on any atom is 0.335 e. The number of aliphatic hydroxyl groups is 2. The van der Waals surface area contributed by atoms with Crippen molar-refractivity contribution in [2.75, 3.05) is 0 Å². The van der Waals surface area contributed by atoms with Crippen LogP contribution in [0.25, 0.3) is 0 Å². The standard InChI is InChI=1S/C24H33O4/c1-21-10-3-4-11-23(21,26)13-8-19-18(21)7-12-22(2)17(9-14-24(19,22)27)16-5-6-20(25)28-15-16/h4-6,15,17-19,26-27H,3,7-14H2,1-2H3/t17-,18+,19-,21-,22-,23+,24+/m1/s1. The molecule has 4 fully saturated rings. The first-order valence-electron chi connectivity index (χ1n) is 11.1. The van der Waals surface area contributed by atoms with Gasteiger partial charge in [-0.15, -0.1) is 0 Å². The van der Waals surface area contributed by atoms with Crippen LogP contribution in [0.2, 0.25) is 0 Å². The Balaban J connectivity index is 1.52. The van der Waals surface area contributed by atoms with Crippen molar-refractivity contribution in [2.45, 2.75) is 88.8 Å². The summed E-state index contributed by atoms with van der Waals surface area (Å²) in [5.74, 6) is 0.844. The zero-order valence-corrected chi connectivity index (χ0v) is 17.1. The number of hydrogen-bond donors (Lipinski definition) is 2. The molecule has 153 valence electrons. The molecule has 0 aromatic carbocycles. The maximum atomic E-state index is 12.2. The zero-order valence-electron chi connectivity index (χ0n) is 17.1. The number of rotatable bonds is 1. The molecule has 1 aromatic heterocycles. The summed E-state index contributed by atoms with van der Waals surface area (Å²) in [5, 5.41) is 23.6. The smallest absolute Gasteiger partial charge is 0.335 e. The van der Waals surface area contributed by atoms with E-state index in [0.29, 0.717) is 5.92 Å². The van der Waals surface area contributed by atoms with Gasteiger partial charge in [0.1, 0.15) is 0 Å². The van der Waals surface area contributed by atoms with Crippen LogP contribution in [0.5, 0.6) is 0 Å². The van der Waals surface area contributed by atoms with Gasteiger partial charge in [-0.25, -0.2) is 4.79 Å². The van der Waals surface area contributed by atoms with Gasteiger partial charge in [-0.05, 0) is 99.0 Å². The van der Waals surface area contributed by atoms with Crippen LogP contribution in [0, 0.1) is 29.1 Å². The van der Waals surface area contributed by atoms with Crippen molar-refractivity contribution < 1.29 is 14.6 Å².